The first kappa shape index (κ1) is 9.77. The summed E-state index contributed by atoms with van der Waals surface area (Å²) in [5, 5.41) is 5.26. The van der Waals surface area contributed by atoms with E-state index in [1.807, 2.05) is 6.08 Å². The number of hydrogen-bond donors (Lipinski definition) is 1. The lowest BCUT2D eigenvalue weighted by Crippen LogP contribution is -2.28. The number of hydrazone groups is 1. The molecule has 0 aromatic rings. The molecule has 72 valence electrons. The average molecular weight is 181 g/mol. The Morgan fingerprint density at radius 1 is 1.62 bits per heavy atom. The number of carbonyl (C=O) groups excluding carboxylic acids is 1. The Bertz CT molecular complexity index is 268. The molecule has 0 aromatic heterocycles. The molecule has 0 saturated carbocycles. The molecule has 4 heteroatoms. The standard InChI is InChI=1S/C9H15N3O/c1-7-4-3-5-8(6-7)11-12(2)9(10)13/h6H,3-5H2,1-2H3,(H2,10,13)/b11-8+. The van der Waals surface area contributed by atoms with E-state index in [1.165, 1.54) is 10.6 Å². The van der Waals surface area contributed by atoms with Crippen LogP contribution in [-0.4, -0.2) is 23.8 Å². The third-order valence-corrected chi connectivity index (χ3v) is 2.01. The minimum atomic E-state index is -0.524. The maximum Gasteiger partial charge on any atom is 0.334 e. The van der Waals surface area contributed by atoms with Crippen LogP contribution in [0.1, 0.15) is 26.2 Å². The molecule has 0 radical (unpaired) electrons. The first-order valence-electron chi connectivity index (χ1n) is 4.37. The number of carbonyl (C=O) groups is 1. The van der Waals surface area contributed by atoms with Crippen molar-refractivity contribution in [3.8, 4) is 0 Å². The van der Waals surface area contributed by atoms with Gasteiger partial charge in [0.15, 0.2) is 0 Å². The van der Waals surface area contributed by atoms with Crippen LogP contribution in [0.5, 0.6) is 0 Å². The van der Waals surface area contributed by atoms with Gasteiger partial charge in [-0.3, -0.25) is 0 Å². The van der Waals surface area contributed by atoms with Crippen LogP contribution in [0.15, 0.2) is 16.8 Å². The fourth-order valence-electron chi connectivity index (χ4n) is 1.30. The highest BCUT2D eigenvalue weighted by molar-refractivity contribution is 5.96. The predicted octanol–water partition coefficient (Wildman–Crippen LogP) is 1.48. The predicted molar refractivity (Wildman–Crippen MR) is 52.4 cm³/mol. The van der Waals surface area contributed by atoms with E-state index in [-0.39, 0.29) is 0 Å². The van der Waals surface area contributed by atoms with Crippen molar-refractivity contribution in [1.82, 2.24) is 5.01 Å². The van der Waals surface area contributed by atoms with Gasteiger partial charge in [-0.15, -0.1) is 0 Å². The number of primary amides is 1. The Morgan fingerprint density at radius 3 is 2.85 bits per heavy atom. The van der Waals surface area contributed by atoms with Gasteiger partial charge in [-0.05, 0) is 32.3 Å². The van der Waals surface area contributed by atoms with Crippen LogP contribution in [-0.2, 0) is 0 Å². The fraction of sp³-hybridized carbons (Fsp3) is 0.556. The van der Waals surface area contributed by atoms with Crippen LogP contribution >= 0.6 is 0 Å². The Kier molecular flexibility index (Phi) is 3.06. The van der Waals surface area contributed by atoms with Gasteiger partial charge in [-0.25, -0.2) is 9.80 Å². The summed E-state index contributed by atoms with van der Waals surface area (Å²) in [6.07, 6.45) is 5.17. The zero-order valence-electron chi connectivity index (χ0n) is 8.08. The highest BCUT2D eigenvalue weighted by atomic mass is 16.2. The Hall–Kier alpha value is -1.32. The maximum absolute atomic E-state index is 10.7. The second kappa shape index (κ2) is 4.07. The van der Waals surface area contributed by atoms with E-state index in [4.69, 9.17) is 5.73 Å². The molecule has 1 rings (SSSR count). The van der Waals surface area contributed by atoms with E-state index in [2.05, 4.69) is 12.0 Å². The molecule has 0 fully saturated rings. The summed E-state index contributed by atoms with van der Waals surface area (Å²) in [7, 11) is 1.56. The maximum atomic E-state index is 10.7. The van der Waals surface area contributed by atoms with Crippen LogP contribution in [0.4, 0.5) is 4.79 Å². The summed E-state index contributed by atoms with van der Waals surface area (Å²) < 4.78 is 0. The van der Waals surface area contributed by atoms with Gasteiger partial charge in [-0.2, -0.15) is 5.10 Å². The monoisotopic (exact) mass is 181 g/mol. The lowest BCUT2D eigenvalue weighted by Gasteiger charge is -2.13. The average Bonchev–Trinajstić information content (AvgIpc) is 2.04. The first-order valence-corrected chi connectivity index (χ1v) is 4.37. The molecule has 0 bridgehead atoms. The number of rotatable bonds is 1. The lowest BCUT2D eigenvalue weighted by atomic mass is 10.00. The lowest BCUT2D eigenvalue weighted by molar-refractivity contribution is 0.220. The second-order valence-electron chi connectivity index (χ2n) is 3.30. The zero-order chi connectivity index (χ0) is 9.84. The van der Waals surface area contributed by atoms with E-state index >= 15 is 0 Å². The molecule has 0 heterocycles. The molecule has 13 heavy (non-hydrogen) atoms. The molecule has 0 spiro atoms. The van der Waals surface area contributed by atoms with Crippen molar-refractivity contribution in [2.75, 3.05) is 7.05 Å². The first-order chi connectivity index (χ1) is 6.09. The van der Waals surface area contributed by atoms with Gasteiger partial charge in [0.1, 0.15) is 0 Å². The number of allylic oxidation sites excluding steroid dienone is 2. The molecule has 4 nitrogen and oxygen atoms in total. The van der Waals surface area contributed by atoms with Crippen molar-refractivity contribution in [2.24, 2.45) is 10.8 Å². The molecule has 2 N–H and O–H groups in total. The number of amides is 2. The number of nitrogens with zero attached hydrogens (tertiary/aromatic N) is 2. The molecule has 2 amide bonds. The largest absolute Gasteiger partial charge is 0.350 e. The van der Waals surface area contributed by atoms with Crippen LogP contribution in [0.25, 0.3) is 0 Å². The minimum Gasteiger partial charge on any atom is -0.350 e. The Labute approximate surface area is 78.1 Å². The van der Waals surface area contributed by atoms with Gasteiger partial charge in [0, 0.05) is 7.05 Å². The van der Waals surface area contributed by atoms with Gasteiger partial charge < -0.3 is 5.73 Å². The van der Waals surface area contributed by atoms with Crippen LogP contribution in [0, 0.1) is 0 Å². The van der Waals surface area contributed by atoms with E-state index in [1.54, 1.807) is 7.05 Å². The second-order valence-corrected chi connectivity index (χ2v) is 3.30. The summed E-state index contributed by atoms with van der Waals surface area (Å²) in [5.74, 6) is 0. The third-order valence-electron chi connectivity index (χ3n) is 2.01. The Balaban J connectivity index is 2.70. The third kappa shape index (κ3) is 2.89. The van der Waals surface area contributed by atoms with Gasteiger partial charge in [0.2, 0.25) is 0 Å². The summed E-state index contributed by atoms with van der Waals surface area (Å²) in [4.78, 5) is 10.7. The highest BCUT2D eigenvalue weighted by Gasteiger charge is 2.07. The fourth-order valence-corrected chi connectivity index (χ4v) is 1.30. The molecule has 0 aromatic carbocycles. The molecule has 1 aliphatic carbocycles. The van der Waals surface area contributed by atoms with Crippen LogP contribution < -0.4 is 5.73 Å². The van der Waals surface area contributed by atoms with Crippen molar-refractivity contribution >= 4 is 11.7 Å². The molecule has 0 atom stereocenters. The topological polar surface area (TPSA) is 58.7 Å². The highest BCUT2D eigenvalue weighted by Crippen LogP contribution is 2.15. The molecular formula is C9H15N3O. The van der Waals surface area contributed by atoms with Gasteiger partial charge in [-0.1, -0.05) is 5.57 Å². The number of nitrogens with two attached hydrogens (primary N) is 1. The normalized spacial score (nSPS) is 19.8. The number of urea groups is 1. The minimum absolute atomic E-state index is 0.524. The Morgan fingerprint density at radius 2 is 2.31 bits per heavy atom. The molecule has 0 saturated heterocycles. The summed E-state index contributed by atoms with van der Waals surface area (Å²) in [6.45, 7) is 2.07. The van der Waals surface area contributed by atoms with E-state index in [0.29, 0.717) is 0 Å². The van der Waals surface area contributed by atoms with Crippen molar-refractivity contribution in [3.63, 3.8) is 0 Å². The van der Waals surface area contributed by atoms with Gasteiger partial charge in [0.25, 0.3) is 0 Å². The smallest absolute Gasteiger partial charge is 0.334 e. The van der Waals surface area contributed by atoms with E-state index < -0.39 is 6.03 Å². The summed E-state index contributed by atoms with van der Waals surface area (Å²) >= 11 is 0. The molecular weight excluding hydrogens is 166 g/mol. The van der Waals surface area contributed by atoms with Crippen molar-refractivity contribution < 1.29 is 4.79 Å². The molecule has 0 unspecified atom stereocenters. The van der Waals surface area contributed by atoms with E-state index in [9.17, 15) is 4.79 Å². The van der Waals surface area contributed by atoms with Gasteiger partial charge >= 0.3 is 6.03 Å². The quantitative estimate of drug-likeness (QED) is 0.612. The van der Waals surface area contributed by atoms with Crippen LogP contribution in [0.2, 0.25) is 0 Å². The van der Waals surface area contributed by atoms with Crippen molar-refractivity contribution in [3.05, 3.63) is 11.6 Å². The zero-order valence-corrected chi connectivity index (χ0v) is 8.08. The summed E-state index contributed by atoms with van der Waals surface area (Å²) in [5.41, 5.74) is 7.29. The van der Waals surface area contributed by atoms with Crippen molar-refractivity contribution in [1.29, 1.82) is 0 Å². The van der Waals surface area contributed by atoms with Gasteiger partial charge in [0.05, 0.1) is 5.71 Å². The van der Waals surface area contributed by atoms with E-state index in [0.717, 1.165) is 25.0 Å². The van der Waals surface area contributed by atoms with Crippen LogP contribution in [0.3, 0.4) is 0 Å². The number of hydrogen-bond acceptors (Lipinski definition) is 2. The SMILES string of the molecule is CC1=C/C(=N/N(C)C(N)=O)CCC1. The van der Waals surface area contributed by atoms with Crippen molar-refractivity contribution in [2.45, 2.75) is 26.2 Å². The molecule has 1 aliphatic rings. The molecule has 0 aliphatic heterocycles. The summed E-state index contributed by atoms with van der Waals surface area (Å²) in [6, 6.07) is -0.524.